The fraction of sp³-hybridized carbons (Fsp3) is 0.400. The smallest absolute Gasteiger partial charge is 0.132 e. The molecule has 2 N–H and O–H groups in total. The number of hydrogen-bond donors (Lipinski definition) is 1. The fourth-order valence-electron chi connectivity index (χ4n) is 2.40. The number of aromatic nitrogens is 2. The summed E-state index contributed by atoms with van der Waals surface area (Å²) in [6.45, 7) is 9.91. The van der Waals surface area contributed by atoms with Gasteiger partial charge in [0.05, 0.1) is 0 Å². The van der Waals surface area contributed by atoms with Gasteiger partial charge in [0.2, 0.25) is 0 Å². The predicted molar refractivity (Wildman–Crippen MR) is 76.5 cm³/mol. The molecule has 0 saturated heterocycles. The van der Waals surface area contributed by atoms with Crippen molar-refractivity contribution < 1.29 is 4.39 Å². The lowest BCUT2D eigenvalue weighted by Gasteiger charge is -2.24. The van der Waals surface area contributed by atoms with Crippen LogP contribution in [0.3, 0.4) is 0 Å². The van der Waals surface area contributed by atoms with Crippen molar-refractivity contribution in [1.29, 1.82) is 0 Å². The monoisotopic (exact) mass is 261 g/mol. The highest BCUT2D eigenvalue weighted by atomic mass is 19.1. The molecule has 102 valence electrons. The van der Waals surface area contributed by atoms with Gasteiger partial charge in [0.15, 0.2) is 0 Å². The summed E-state index contributed by atoms with van der Waals surface area (Å²) in [5.74, 6) is 1.27. The Hall–Kier alpha value is -1.84. The van der Waals surface area contributed by atoms with E-state index in [1.54, 1.807) is 19.1 Å². The number of hydrogen-bond acceptors (Lipinski definition) is 2. The molecule has 0 unspecified atom stereocenters. The lowest BCUT2D eigenvalue weighted by atomic mass is 10.1. The van der Waals surface area contributed by atoms with Crippen molar-refractivity contribution in [2.45, 2.75) is 40.2 Å². The standard InChI is InChI=1S/C15H20FN3/c1-9-8-11(6-7-12(9)16)13-14(17)19(10(2)18-13)15(3,4)5/h6-8H,17H2,1-5H3. The van der Waals surface area contributed by atoms with Gasteiger partial charge in [-0.25, -0.2) is 9.37 Å². The zero-order chi connectivity index (χ0) is 14.4. The quantitative estimate of drug-likeness (QED) is 0.851. The van der Waals surface area contributed by atoms with Gasteiger partial charge in [0.25, 0.3) is 0 Å². The molecule has 3 nitrogen and oxygen atoms in total. The summed E-state index contributed by atoms with van der Waals surface area (Å²) in [4.78, 5) is 4.53. The summed E-state index contributed by atoms with van der Waals surface area (Å²) in [5, 5.41) is 0. The molecule has 2 aromatic rings. The summed E-state index contributed by atoms with van der Waals surface area (Å²) in [7, 11) is 0. The van der Waals surface area contributed by atoms with E-state index in [1.165, 1.54) is 6.07 Å². The first-order valence-electron chi connectivity index (χ1n) is 6.33. The first kappa shape index (κ1) is 13.6. The third-order valence-electron chi connectivity index (χ3n) is 3.18. The van der Waals surface area contributed by atoms with Gasteiger partial charge < -0.3 is 10.3 Å². The van der Waals surface area contributed by atoms with E-state index < -0.39 is 0 Å². The molecular weight excluding hydrogens is 241 g/mol. The molecule has 1 heterocycles. The van der Waals surface area contributed by atoms with Crippen molar-refractivity contribution >= 4 is 5.82 Å². The second-order valence-corrected chi connectivity index (χ2v) is 5.86. The van der Waals surface area contributed by atoms with Gasteiger partial charge in [-0.3, -0.25) is 0 Å². The number of nitrogens with two attached hydrogens (primary N) is 1. The highest BCUT2D eigenvalue weighted by Gasteiger charge is 2.22. The van der Waals surface area contributed by atoms with E-state index in [1.807, 2.05) is 11.5 Å². The number of rotatable bonds is 1. The van der Waals surface area contributed by atoms with Crippen LogP contribution in [0.5, 0.6) is 0 Å². The molecule has 0 aliphatic heterocycles. The van der Waals surface area contributed by atoms with Crippen LogP contribution in [0.2, 0.25) is 0 Å². The maximum atomic E-state index is 13.3. The van der Waals surface area contributed by atoms with Crippen LogP contribution in [-0.4, -0.2) is 9.55 Å². The molecule has 0 saturated carbocycles. The minimum atomic E-state index is -0.214. The van der Waals surface area contributed by atoms with Crippen molar-refractivity contribution in [3.63, 3.8) is 0 Å². The lowest BCUT2D eigenvalue weighted by Crippen LogP contribution is -2.24. The van der Waals surface area contributed by atoms with Crippen molar-refractivity contribution in [3.8, 4) is 11.3 Å². The minimum Gasteiger partial charge on any atom is -0.383 e. The minimum absolute atomic E-state index is 0.130. The average molecular weight is 261 g/mol. The van der Waals surface area contributed by atoms with Crippen LogP contribution < -0.4 is 5.73 Å². The number of imidazole rings is 1. The molecule has 1 aromatic heterocycles. The number of benzene rings is 1. The molecular formula is C15H20FN3. The van der Waals surface area contributed by atoms with E-state index in [-0.39, 0.29) is 11.4 Å². The molecule has 0 aliphatic rings. The summed E-state index contributed by atoms with van der Waals surface area (Å²) < 4.78 is 15.3. The van der Waals surface area contributed by atoms with Crippen molar-refractivity contribution in [2.24, 2.45) is 0 Å². The summed E-state index contributed by atoms with van der Waals surface area (Å²) in [6.07, 6.45) is 0. The van der Waals surface area contributed by atoms with Crippen LogP contribution in [0.4, 0.5) is 10.2 Å². The van der Waals surface area contributed by atoms with Crippen LogP contribution in [0.1, 0.15) is 32.2 Å². The van der Waals surface area contributed by atoms with E-state index in [0.717, 1.165) is 17.1 Å². The van der Waals surface area contributed by atoms with Crippen LogP contribution in [0, 0.1) is 19.7 Å². The second kappa shape index (κ2) is 4.37. The highest BCUT2D eigenvalue weighted by molar-refractivity contribution is 5.71. The molecule has 4 heteroatoms. The molecule has 0 fully saturated rings. The predicted octanol–water partition coefficient (Wildman–Crippen LogP) is 3.64. The molecule has 0 amide bonds. The number of anilines is 1. The molecule has 0 atom stereocenters. The Bertz CT molecular complexity index is 621. The Kier molecular flexibility index (Phi) is 3.12. The number of nitrogens with zero attached hydrogens (tertiary/aromatic N) is 2. The Morgan fingerprint density at radius 2 is 1.84 bits per heavy atom. The summed E-state index contributed by atoms with van der Waals surface area (Å²) in [5.41, 5.74) is 8.25. The van der Waals surface area contributed by atoms with Crippen LogP contribution >= 0.6 is 0 Å². The van der Waals surface area contributed by atoms with Crippen LogP contribution in [-0.2, 0) is 5.54 Å². The molecule has 2 rings (SSSR count). The SMILES string of the molecule is Cc1cc(-c2nc(C)n(C(C)(C)C)c2N)ccc1F. The fourth-order valence-corrected chi connectivity index (χ4v) is 2.40. The number of halogens is 1. The first-order chi connectivity index (χ1) is 8.71. The zero-order valence-electron chi connectivity index (χ0n) is 12.1. The third kappa shape index (κ3) is 2.35. The van der Waals surface area contributed by atoms with E-state index in [0.29, 0.717) is 11.4 Å². The van der Waals surface area contributed by atoms with Crippen molar-refractivity contribution in [1.82, 2.24) is 9.55 Å². The van der Waals surface area contributed by atoms with Gasteiger partial charge in [-0.15, -0.1) is 0 Å². The largest absolute Gasteiger partial charge is 0.383 e. The van der Waals surface area contributed by atoms with Gasteiger partial charge >= 0.3 is 0 Å². The number of nitrogen functional groups attached to an aromatic ring is 1. The van der Waals surface area contributed by atoms with Crippen molar-refractivity contribution in [3.05, 3.63) is 35.4 Å². The zero-order valence-corrected chi connectivity index (χ0v) is 12.1. The van der Waals surface area contributed by atoms with E-state index in [9.17, 15) is 4.39 Å². The van der Waals surface area contributed by atoms with Crippen LogP contribution in [0.15, 0.2) is 18.2 Å². The van der Waals surface area contributed by atoms with Gasteiger partial charge in [-0.05, 0) is 58.4 Å². The van der Waals surface area contributed by atoms with Gasteiger partial charge in [-0.1, -0.05) is 0 Å². The second-order valence-electron chi connectivity index (χ2n) is 5.86. The molecule has 0 aliphatic carbocycles. The molecule has 0 radical (unpaired) electrons. The molecule has 19 heavy (non-hydrogen) atoms. The molecule has 1 aromatic carbocycles. The highest BCUT2D eigenvalue weighted by Crippen LogP contribution is 2.31. The van der Waals surface area contributed by atoms with Gasteiger partial charge in [0, 0.05) is 11.1 Å². The molecule has 0 bridgehead atoms. The average Bonchev–Trinajstić information content (AvgIpc) is 2.57. The summed E-state index contributed by atoms with van der Waals surface area (Å²) >= 11 is 0. The van der Waals surface area contributed by atoms with E-state index in [2.05, 4.69) is 25.8 Å². The molecule has 0 spiro atoms. The van der Waals surface area contributed by atoms with E-state index >= 15 is 0 Å². The van der Waals surface area contributed by atoms with E-state index in [4.69, 9.17) is 5.73 Å². The van der Waals surface area contributed by atoms with Gasteiger partial charge in [0.1, 0.15) is 23.2 Å². The lowest BCUT2D eigenvalue weighted by molar-refractivity contribution is 0.393. The Balaban J connectivity index is 2.61. The maximum Gasteiger partial charge on any atom is 0.132 e. The maximum absolute atomic E-state index is 13.3. The topological polar surface area (TPSA) is 43.8 Å². The van der Waals surface area contributed by atoms with Crippen molar-refractivity contribution in [2.75, 3.05) is 5.73 Å². The Morgan fingerprint density at radius 3 is 2.32 bits per heavy atom. The van der Waals surface area contributed by atoms with Gasteiger partial charge in [-0.2, -0.15) is 0 Å². The van der Waals surface area contributed by atoms with Crippen LogP contribution in [0.25, 0.3) is 11.3 Å². The summed E-state index contributed by atoms with van der Waals surface area (Å²) in [6, 6.07) is 4.95. The Labute approximate surface area is 113 Å². The third-order valence-corrected chi connectivity index (χ3v) is 3.18. The first-order valence-corrected chi connectivity index (χ1v) is 6.33. The number of aryl methyl sites for hydroxylation is 2. The Morgan fingerprint density at radius 1 is 1.21 bits per heavy atom. The normalized spacial score (nSPS) is 11.9.